The van der Waals surface area contributed by atoms with Crippen molar-refractivity contribution in [1.29, 1.82) is 0 Å². The topological polar surface area (TPSA) is 102 Å². The highest BCUT2D eigenvalue weighted by Gasteiger charge is 2.37. The van der Waals surface area contributed by atoms with E-state index in [1.165, 1.54) is 7.05 Å². The van der Waals surface area contributed by atoms with Crippen LogP contribution in [0.5, 0.6) is 0 Å². The third-order valence-electron chi connectivity index (χ3n) is 5.79. The Labute approximate surface area is 200 Å². The summed E-state index contributed by atoms with van der Waals surface area (Å²) in [6, 6.07) is 16.3. The lowest BCUT2D eigenvalue weighted by atomic mass is 9.86. The van der Waals surface area contributed by atoms with Gasteiger partial charge in [-0.3, -0.25) is 14.4 Å². The monoisotopic (exact) mass is 464 g/mol. The number of nitrogens with zero attached hydrogens (tertiary/aromatic N) is 2. The van der Waals surface area contributed by atoms with Gasteiger partial charge < -0.3 is 25.5 Å². The number of carboxylic acid groups (broad SMARTS) is 1. The fourth-order valence-corrected chi connectivity index (χ4v) is 3.87. The maximum absolute atomic E-state index is 13.1. The van der Waals surface area contributed by atoms with Crippen LogP contribution in [0.1, 0.15) is 27.2 Å². The predicted octanol–water partition coefficient (Wildman–Crippen LogP) is 3.02. The summed E-state index contributed by atoms with van der Waals surface area (Å²) in [6.07, 6.45) is 3.14. The van der Waals surface area contributed by atoms with Gasteiger partial charge in [0, 0.05) is 25.1 Å². The van der Waals surface area contributed by atoms with E-state index in [-0.39, 0.29) is 12.3 Å². The lowest BCUT2D eigenvalue weighted by molar-refractivity contribution is -0.142. The number of hydrogen-bond donors (Lipinski definition) is 3. The number of rotatable bonds is 8. The quantitative estimate of drug-likeness (QED) is 0.555. The van der Waals surface area contributed by atoms with Crippen LogP contribution in [0.15, 0.2) is 67.0 Å². The summed E-state index contributed by atoms with van der Waals surface area (Å²) in [7, 11) is 1.51. The Balaban J connectivity index is 1.73. The summed E-state index contributed by atoms with van der Waals surface area (Å²) in [6.45, 7) is 5.85. The van der Waals surface area contributed by atoms with Crippen molar-refractivity contribution in [3.05, 3.63) is 67.0 Å². The number of nitrogens with one attached hydrogen (secondary N) is 2. The Morgan fingerprint density at radius 2 is 1.56 bits per heavy atom. The summed E-state index contributed by atoms with van der Waals surface area (Å²) in [5, 5.41) is 14.8. The largest absolute Gasteiger partial charge is 0.481 e. The van der Waals surface area contributed by atoms with Crippen LogP contribution < -0.4 is 15.5 Å². The molecule has 2 atom stereocenters. The van der Waals surface area contributed by atoms with E-state index in [0.29, 0.717) is 6.67 Å². The van der Waals surface area contributed by atoms with Crippen LogP contribution in [0.2, 0.25) is 0 Å². The van der Waals surface area contributed by atoms with E-state index in [4.69, 9.17) is 0 Å². The van der Waals surface area contributed by atoms with Crippen LogP contribution in [0.25, 0.3) is 11.1 Å². The summed E-state index contributed by atoms with van der Waals surface area (Å²) >= 11 is 0. The van der Waals surface area contributed by atoms with Crippen molar-refractivity contribution >= 4 is 23.5 Å². The highest BCUT2D eigenvalue weighted by molar-refractivity contribution is 5.92. The Bertz CT molecular complexity index is 1040. The first-order valence-electron chi connectivity index (χ1n) is 11.2. The van der Waals surface area contributed by atoms with E-state index in [1.807, 2.05) is 86.5 Å². The van der Waals surface area contributed by atoms with Crippen LogP contribution in [-0.2, 0) is 14.4 Å². The van der Waals surface area contributed by atoms with Gasteiger partial charge in [-0.2, -0.15) is 0 Å². The average molecular weight is 465 g/mol. The molecule has 3 N–H and O–H groups in total. The van der Waals surface area contributed by atoms with Gasteiger partial charge in [-0.1, -0.05) is 63.2 Å². The number of carbonyl (C=O) groups is 3. The third kappa shape index (κ3) is 5.95. The van der Waals surface area contributed by atoms with E-state index >= 15 is 0 Å². The number of benzene rings is 2. The molecule has 0 saturated carbocycles. The van der Waals surface area contributed by atoms with Gasteiger partial charge in [0.2, 0.25) is 11.8 Å². The van der Waals surface area contributed by atoms with E-state index in [0.717, 1.165) is 16.8 Å². The number of anilines is 1. The molecule has 0 aromatic heterocycles. The molecule has 0 radical (unpaired) electrons. The van der Waals surface area contributed by atoms with E-state index in [9.17, 15) is 19.5 Å². The molecule has 1 aliphatic heterocycles. The molecule has 8 heteroatoms. The Hall–Kier alpha value is -3.81. The van der Waals surface area contributed by atoms with Crippen molar-refractivity contribution in [2.24, 2.45) is 5.41 Å². The van der Waals surface area contributed by atoms with Crippen molar-refractivity contribution in [2.45, 2.75) is 39.3 Å². The minimum atomic E-state index is -1.09. The smallest absolute Gasteiger partial charge is 0.305 e. The van der Waals surface area contributed by atoms with Gasteiger partial charge in [-0.25, -0.2) is 0 Å². The molecule has 8 nitrogen and oxygen atoms in total. The SMILES string of the molecule is CNC(=O)[C@@H](NC(=O)[C@H](CC(=O)O)N1C=CN(c2ccc(-c3ccccc3)cc2)C1)C(C)(C)C. The second kappa shape index (κ2) is 10.4. The number of carboxylic acids is 1. The average Bonchev–Trinajstić information content (AvgIpc) is 3.30. The van der Waals surface area contributed by atoms with Gasteiger partial charge in [0.25, 0.3) is 0 Å². The zero-order chi connectivity index (χ0) is 24.9. The van der Waals surface area contributed by atoms with Crippen molar-refractivity contribution < 1.29 is 19.5 Å². The minimum absolute atomic E-state index is 0.316. The summed E-state index contributed by atoms with van der Waals surface area (Å²) in [4.78, 5) is 40.7. The molecular weight excluding hydrogens is 432 g/mol. The lowest BCUT2D eigenvalue weighted by Crippen LogP contribution is -2.57. The zero-order valence-electron chi connectivity index (χ0n) is 20.0. The normalized spacial score (nSPS) is 15.1. The summed E-state index contributed by atoms with van der Waals surface area (Å²) in [5.74, 6) is -1.92. The van der Waals surface area contributed by atoms with Crippen LogP contribution in [0.4, 0.5) is 5.69 Å². The molecule has 0 spiro atoms. The van der Waals surface area contributed by atoms with Crippen molar-refractivity contribution in [3.63, 3.8) is 0 Å². The van der Waals surface area contributed by atoms with Crippen LogP contribution in [0, 0.1) is 5.41 Å². The van der Waals surface area contributed by atoms with Gasteiger partial charge >= 0.3 is 5.97 Å². The zero-order valence-corrected chi connectivity index (χ0v) is 20.0. The fraction of sp³-hybridized carbons (Fsp3) is 0.346. The fourth-order valence-electron chi connectivity index (χ4n) is 3.87. The minimum Gasteiger partial charge on any atom is -0.481 e. The number of amides is 2. The molecule has 2 aromatic carbocycles. The maximum atomic E-state index is 13.1. The molecule has 1 aliphatic rings. The number of carbonyl (C=O) groups excluding carboxylic acids is 2. The molecule has 0 aliphatic carbocycles. The molecule has 34 heavy (non-hydrogen) atoms. The van der Waals surface area contributed by atoms with Crippen LogP contribution in [-0.4, -0.2) is 53.6 Å². The van der Waals surface area contributed by atoms with E-state index in [2.05, 4.69) is 10.6 Å². The van der Waals surface area contributed by atoms with Gasteiger partial charge in [0.15, 0.2) is 0 Å². The first-order chi connectivity index (χ1) is 16.1. The Morgan fingerprint density at radius 3 is 2.12 bits per heavy atom. The molecule has 2 aromatic rings. The first-order valence-corrected chi connectivity index (χ1v) is 11.2. The van der Waals surface area contributed by atoms with E-state index in [1.54, 1.807) is 11.1 Å². The van der Waals surface area contributed by atoms with Gasteiger partial charge in [0.05, 0.1) is 13.1 Å². The van der Waals surface area contributed by atoms with Crippen molar-refractivity contribution in [1.82, 2.24) is 15.5 Å². The number of hydrogen-bond acceptors (Lipinski definition) is 5. The van der Waals surface area contributed by atoms with Crippen molar-refractivity contribution in [3.8, 4) is 11.1 Å². The molecule has 1 heterocycles. The number of aliphatic carboxylic acids is 1. The van der Waals surface area contributed by atoms with Gasteiger partial charge in [0.1, 0.15) is 12.1 Å². The second-order valence-corrected chi connectivity index (χ2v) is 9.37. The Kier molecular flexibility index (Phi) is 7.61. The summed E-state index contributed by atoms with van der Waals surface area (Å²) < 4.78 is 0. The van der Waals surface area contributed by atoms with Gasteiger partial charge in [-0.05, 0) is 28.7 Å². The van der Waals surface area contributed by atoms with Gasteiger partial charge in [-0.15, -0.1) is 0 Å². The molecule has 2 amide bonds. The molecule has 0 saturated heterocycles. The first kappa shape index (κ1) is 24.8. The predicted molar refractivity (Wildman–Crippen MR) is 132 cm³/mol. The maximum Gasteiger partial charge on any atom is 0.305 e. The Morgan fingerprint density at radius 1 is 0.941 bits per heavy atom. The summed E-state index contributed by atoms with van der Waals surface area (Å²) in [5.41, 5.74) is 2.59. The third-order valence-corrected chi connectivity index (χ3v) is 5.79. The highest BCUT2D eigenvalue weighted by atomic mass is 16.4. The second-order valence-electron chi connectivity index (χ2n) is 9.37. The molecule has 0 bridgehead atoms. The van der Waals surface area contributed by atoms with Crippen molar-refractivity contribution in [2.75, 3.05) is 18.6 Å². The molecular formula is C26H32N4O4. The molecule has 3 rings (SSSR count). The number of likely N-dealkylation sites (N-methyl/N-ethyl adjacent to an activating group) is 1. The lowest BCUT2D eigenvalue weighted by Gasteiger charge is -2.33. The molecule has 180 valence electrons. The highest BCUT2D eigenvalue weighted by Crippen LogP contribution is 2.26. The molecule has 0 unspecified atom stereocenters. The standard InChI is InChI=1S/C26H32N4O4/c1-26(2,3)23(25(34)27-4)28-24(33)21(16-22(31)32)30-15-14-29(17-30)20-12-10-19(11-13-20)18-8-6-5-7-9-18/h5-15,21,23H,16-17H2,1-4H3,(H,27,34)(H,28,33)(H,31,32)/t21-,23+/m0/s1. The van der Waals surface area contributed by atoms with E-state index < -0.39 is 29.4 Å². The van der Waals surface area contributed by atoms with Crippen LogP contribution in [0.3, 0.4) is 0 Å². The van der Waals surface area contributed by atoms with Crippen LogP contribution >= 0.6 is 0 Å². The molecule has 0 fully saturated rings.